The van der Waals surface area contributed by atoms with Crippen LogP contribution in [0.2, 0.25) is 0 Å². The topological polar surface area (TPSA) is 25.8 Å². The number of hydrogen-bond donors (Lipinski definition) is 0. The summed E-state index contributed by atoms with van der Waals surface area (Å²) >= 11 is 0. The van der Waals surface area contributed by atoms with E-state index in [0.717, 1.165) is 28.2 Å². The van der Waals surface area contributed by atoms with Gasteiger partial charge in [0.2, 0.25) is 0 Å². The van der Waals surface area contributed by atoms with Gasteiger partial charge in [0.05, 0.1) is 5.69 Å². The molecule has 0 saturated heterocycles. The Morgan fingerprint density at radius 1 is 0.643 bits per heavy atom. The molecule has 3 aromatic carbocycles. The van der Waals surface area contributed by atoms with Crippen LogP contribution in [-0.2, 0) is 0 Å². The van der Waals surface area contributed by atoms with Crippen molar-refractivity contribution >= 4 is 21.5 Å². The van der Waals surface area contributed by atoms with Crippen LogP contribution < -0.4 is 0 Å². The zero-order valence-electron chi connectivity index (χ0n) is 16.0. The fraction of sp³-hybridized carbons (Fsp3) is 0.0769. The molecule has 0 radical (unpaired) electrons. The number of hydrogen-bond acceptors (Lipinski definition) is 2. The van der Waals surface area contributed by atoms with Crippen molar-refractivity contribution in [2.45, 2.75) is 13.8 Å². The highest BCUT2D eigenvalue weighted by Crippen LogP contribution is 2.33. The number of aromatic nitrogens is 2. The number of pyridine rings is 2. The second-order valence-corrected chi connectivity index (χ2v) is 7.21. The largest absolute Gasteiger partial charge is 0.258 e. The van der Waals surface area contributed by atoms with E-state index in [1.807, 2.05) is 13.1 Å². The first-order valence-electron chi connectivity index (χ1n) is 9.52. The molecule has 2 nitrogen and oxygen atoms in total. The molecule has 0 unspecified atom stereocenters. The second-order valence-electron chi connectivity index (χ2n) is 7.21. The summed E-state index contributed by atoms with van der Waals surface area (Å²) in [4.78, 5) is 9.36. The van der Waals surface area contributed by atoms with Crippen molar-refractivity contribution in [3.63, 3.8) is 0 Å². The van der Waals surface area contributed by atoms with Gasteiger partial charge in [0.25, 0.3) is 0 Å². The number of nitrogens with zero attached hydrogens (tertiary/aromatic N) is 2. The van der Waals surface area contributed by atoms with Gasteiger partial charge in [-0.1, -0.05) is 60.7 Å². The van der Waals surface area contributed by atoms with Crippen LogP contribution in [-0.4, -0.2) is 9.97 Å². The monoisotopic (exact) mass is 360 g/mol. The molecule has 0 amide bonds. The Hall–Kier alpha value is -3.52. The maximum Gasteiger partial charge on any atom is 0.0780 e. The van der Waals surface area contributed by atoms with Gasteiger partial charge in [-0.2, -0.15) is 0 Å². The fourth-order valence-corrected chi connectivity index (χ4v) is 3.99. The van der Waals surface area contributed by atoms with E-state index in [1.54, 1.807) is 0 Å². The minimum atomic E-state index is 1.02. The van der Waals surface area contributed by atoms with Gasteiger partial charge in [-0.3, -0.25) is 9.97 Å². The third-order valence-electron chi connectivity index (χ3n) is 5.34. The molecule has 5 aromatic rings. The summed E-state index contributed by atoms with van der Waals surface area (Å²) in [5.41, 5.74) is 6.57. The quantitative estimate of drug-likeness (QED) is 0.326. The summed E-state index contributed by atoms with van der Waals surface area (Å²) in [6.45, 7) is 4.09. The average Bonchev–Trinajstić information content (AvgIpc) is 2.73. The van der Waals surface area contributed by atoms with Crippen LogP contribution in [0.25, 0.3) is 43.9 Å². The molecule has 0 N–H and O–H groups in total. The number of fused-ring (bicyclic) bond motifs is 3. The number of benzene rings is 3. The van der Waals surface area contributed by atoms with Gasteiger partial charge in [-0.05, 0) is 53.8 Å². The zero-order chi connectivity index (χ0) is 19.1. The molecule has 0 atom stereocenters. The molecule has 0 aliphatic rings. The van der Waals surface area contributed by atoms with Gasteiger partial charge in [-0.15, -0.1) is 0 Å². The van der Waals surface area contributed by atoms with Crippen LogP contribution in [0.15, 0.2) is 85.1 Å². The number of aryl methyl sites for hydroxylation is 2. The van der Waals surface area contributed by atoms with E-state index in [1.165, 1.54) is 27.1 Å². The summed E-state index contributed by atoms with van der Waals surface area (Å²) in [5.74, 6) is 0. The van der Waals surface area contributed by atoms with E-state index < -0.39 is 0 Å². The average molecular weight is 360 g/mol. The molecule has 0 aliphatic heterocycles. The maximum atomic E-state index is 4.74. The molecule has 28 heavy (non-hydrogen) atoms. The molecule has 0 fully saturated rings. The minimum Gasteiger partial charge on any atom is -0.258 e. The third kappa shape index (κ3) is 2.74. The molecule has 0 bridgehead atoms. The lowest BCUT2D eigenvalue weighted by Crippen LogP contribution is -1.91. The maximum absolute atomic E-state index is 4.74. The Morgan fingerprint density at radius 3 is 2.39 bits per heavy atom. The molecule has 0 spiro atoms. The highest BCUT2D eigenvalue weighted by atomic mass is 14.7. The van der Waals surface area contributed by atoms with E-state index in [-0.39, 0.29) is 0 Å². The van der Waals surface area contributed by atoms with E-state index in [4.69, 9.17) is 4.98 Å². The van der Waals surface area contributed by atoms with Gasteiger partial charge in [0.1, 0.15) is 0 Å². The first kappa shape index (κ1) is 16.6. The van der Waals surface area contributed by atoms with Crippen molar-refractivity contribution in [1.29, 1.82) is 0 Å². The fourth-order valence-electron chi connectivity index (χ4n) is 3.99. The van der Waals surface area contributed by atoms with Crippen LogP contribution in [0.1, 0.15) is 11.4 Å². The van der Waals surface area contributed by atoms with Crippen LogP contribution >= 0.6 is 0 Å². The number of rotatable bonds is 2. The van der Waals surface area contributed by atoms with Crippen molar-refractivity contribution in [2.24, 2.45) is 0 Å². The van der Waals surface area contributed by atoms with Crippen LogP contribution in [0, 0.1) is 13.8 Å². The Bertz CT molecular complexity index is 1340. The Labute approximate surface area is 164 Å². The molecule has 0 saturated carbocycles. The van der Waals surface area contributed by atoms with Gasteiger partial charge < -0.3 is 0 Å². The van der Waals surface area contributed by atoms with Crippen LogP contribution in [0.4, 0.5) is 0 Å². The first-order chi connectivity index (χ1) is 13.7. The van der Waals surface area contributed by atoms with Crippen molar-refractivity contribution in [1.82, 2.24) is 9.97 Å². The smallest absolute Gasteiger partial charge is 0.0780 e. The first-order valence-corrected chi connectivity index (χ1v) is 9.52. The zero-order valence-corrected chi connectivity index (χ0v) is 16.0. The van der Waals surface area contributed by atoms with Crippen LogP contribution in [0.3, 0.4) is 0 Å². The predicted molar refractivity (Wildman–Crippen MR) is 117 cm³/mol. The normalized spacial score (nSPS) is 11.2. The van der Waals surface area contributed by atoms with E-state index in [0.29, 0.717) is 0 Å². The summed E-state index contributed by atoms with van der Waals surface area (Å²) in [6, 6.07) is 27.8. The van der Waals surface area contributed by atoms with Gasteiger partial charge >= 0.3 is 0 Å². The van der Waals surface area contributed by atoms with Gasteiger partial charge in [0.15, 0.2) is 0 Å². The summed E-state index contributed by atoms with van der Waals surface area (Å²) in [6.07, 6.45) is 1.91. The molecule has 2 aromatic heterocycles. The minimum absolute atomic E-state index is 1.02. The van der Waals surface area contributed by atoms with Crippen molar-refractivity contribution in [3.05, 3.63) is 96.4 Å². The highest BCUT2D eigenvalue weighted by molar-refractivity contribution is 6.11. The Balaban J connectivity index is 1.72. The van der Waals surface area contributed by atoms with Crippen molar-refractivity contribution in [2.75, 3.05) is 0 Å². The lowest BCUT2D eigenvalue weighted by molar-refractivity contribution is 1.13. The molecular formula is C26H20N2. The Kier molecular flexibility index (Phi) is 3.91. The molecule has 2 heterocycles. The molecule has 0 aliphatic carbocycles. The van der Waals surface area contributed by atoms with Crippen molar-refractivity contribution < 1.29 is 0 Å². The second kappa shape index (κ2) is 6.58. The summed E-state index contributed by atoms with van der Waals surface area (Å²) < 4.78 is 0. The summed E-state index contributed by atoms with van der Waals surface area (Å²) in [7, 11) is 0. The lowest BCUT2D eigenvalue weighted by Gasteiger charge is -2.11. The van der Waals surface area contributed by atoms with E-state index in [9.17, 15) is 0 Å². The van der Waals surface area contributed by atoms with Gasteiger partial charge in [-0.25, -0.2) is 0 Å². The standard InChI is InChI=1S/C26H20N2/c1-17-10-12-22(18(2)28-17)20-7-5-8-21(16-20)26-25-13-11-19-6-3-4-9-23(19)24(25)14-15-27-26/h3-16H,1-2H3. The Morgan fingerprint density at radius 2 is 1.50 bits per heavy atom. The molecule has 2 heteroatoms. The SMILES string of the molecule is Cc1ccc(-c2cccc(-c3nccc4c3ccc3ccccc34)c2)c(C)n1. The van der Waals surface area contributed by atoms with E-state index >= 15 is 0 Å². The molecule has 134 valence electrons. The highest BCUT2D eigenvalue weighted by Gasteiger charge is 2.10. The van der Waals surface area contributed by atoms with Crippen LogP contribution in [0.5, 0.6) is 0 Å². The lowest BCUT2D eigenvalue weighted by atomic mass is 9.96. The molecule has 5 rings (SSSR count). The van der Waals surface area contributed by atoms with Gasteiger partial charge in [0, 0.05) is 34.1 Å². The van der Waals surface area contributed by atoms with E-state index in [2.05, 4.69) is 90.8 Å². The third-order valence-corrected chi connectivity index (χ3v) is 5.34. The molecular weight excluding hydrogens is 340 g/mol. The summed E-state index contributed by atoms with van der Waals surface area (Å²) in [5, 5.41) is 4.93. The predicted octanol–water partition coefficient (Wildman–Crippen LogP) is 6.73. The van der Waals surface area contributed by atoms with Crippen molar-refractivity contribution in [3.8, 4) is 22.4 Å².